The molecule has 1 aromatic carbocycles. The summed E-state index contributed by atoms with van der Waals surface area (Å²) in [6.07, 6.45) is 17.4. The van der Waals surface area contributed by atoms with Crippen LogP contribution in [0.25, 0.3) is 11.8 Å². The minimum atomic E-state index is -0.440. The third kappa shape index (κ3) is 7.94. The molecular formula is C30H40FN5O. The zero-order chi connectivity index (χ0) is 26.8. The second kappa shape index (κ2) is 13.1. The SMILES string of the molecule is CC.COc1cc(C=CC2CCCN=C2NC(C)(C)NC2=CC=C(F)C=CC2)ccc1-n1cnc(C)c1. The van der Waals surface area contributed by atoms with Gasteiger partial charge in [0.1, 0.15) is 23.1 Å². The quantitative estimate of drug-likeness (QED) is 0.414. The Morgan fingerprint density at radius 3 is 2.73 bits per heavy atom. The van der Waals surface area contributed by atoms with Crippen LogP contribution >= 0.6 is 0 Å². The van der Waals surface area contributed by atoms with Gasteiger partial charge in [0.25, 0.3) is 0 Å². The molecule has 198 valence electrons. The number of ether oxygens (including phenoxy) is 1. The number of aromatic nitrogens is 2. The van der Waals surface area contributed by atoms with E-state index in [9.17, 15) is 4.39 Å². The van der Waals surface area contributed by atoms with Crippen LogP contribution in [-0.2, 0) is 0 Å². The number of benzene rings is 1. The van der Waals surface area contributed by atoms with Crippen LogP contribution in [0.5, 0.6) is 5.75 Å². The largest absolute Gasteiger partial charge is 0.495 e. The van der Waals surface area contributed by atoms with E-state index < -0.39 is 5.66 Å². The van der Waals surface area contributed by atoms with Crippen molar-refractivity contribution in [2.24, 2.45) is 10.9 Å². The number of hydrogen-bond acceptors (Lipinski definition) is 5. The van der Waals surface area contributed by atoms with Crippen LogP contribution in [0.1, 0.15) is 58.2 Å². The van der Waals surface area contributed by atoms with Crippen molar-refractivity contribution in [3.05, 3.63) is 83.9 Å². The van der Waals surface area contributed by atoms with Crippen molar-refractivity contribution in [1.82, 2.24) is 20.2 Å². The van der Waals surface area contributed by atoms with Crippen molar-refractivity contribution >= 4 is 11.9 Å². The van der Waals surface area contributed by atoms with E-state index in [1.807, 2.05) is 49.7 Å². The van der Waals surface area contributed by atoms with Gasteiger partial charge in [-0.1, -0.05) is 38.1 Å². The van der Waals surface area contributed by atoms with Gasteiger partial charge < -0.3 is 19.9 Å². The first-order valence-electron chi connectivity index (χ1n) is 13.0. The summed E-state index contributed by atoms with van der Waals surface area (Å²) < 4.78 is 21.1. The molecule has 4 rings (SSSR count). The number of hydrogen-bond donors (Lipinski definition) is 2. The summed E-state index contributed by atoms with van der Waals surface area (Å²) in [5.74, 6) is 1.71. The first-order valence-corrected chi connectivity index (χ1v) is 13.0. The van der Waals surface area contributed by atoms with Crippen LogP contribution in [0.2, 0.25) is 0 Å². The van der Waals surface area contributed by atoms with E-state index in [1.54, 1.807) is 19.5 Å². The van der Waals surface area contributed by atoms with E-state index in [0.717, 1.165) is 53.6 Å². The molecule has 0 bridgehead atoms. The molecule has 6 nitrogen and oxygen atoms in total. The van der Waals surface area contributed by atoms with Crippen LogP contribution < -0.4 is 15.4 Å². The first kappa shape index (κ1) is 28.0. The fourth-order valence-corrected chi connectivity index (χ4v) is 4.32. The monoisotopic (exact) mass is 505 g/mol. The number of nitrogens with one attached hydrogen (secondary N) is 2. The lowest BCUT2D eigenvalue weighted by atomic mass is 9.96. The Hall–Kier alpha value is -3.61. The third-order valence-electron chi connectivity index (χ3n) is 5.99. The Morgan fingerprint density at radius 1 is 1.19 bits per heavy atom. The maximum absolute atomic E-state index is 13.5. The molecule has 2 N–H and O–H groups in total. The Kier molecular flexibility index (Phi) is 9.89. The van der Waals surface area contributed by atoms with E-state index >= 15 is 0 Å². The van der Waals surface area contributed by atoms with Crippen LogP contribution in [0.3, 0.4) is 0 Å². The van der Waals surface area contributed by atoms with Gasteiger partial charge in [-0.2, -0.15) is 0 Å². The van der Waals surface area contributed by atoms with E-state index in [2.05, 4.69) is 47.7 Å². The highest BCUT2D eigenvalue weighted by Gasteiger charge is 2.25. The molecule has 7 heteroatoms. The molecular weight excluding hydrogens is 465 g/mol. The molecule has 0 radical (unpaired) electrons. The Balaban J connectivity index is 0.00000186. The number of nitrogens with zero attached hydrogens (tertiary/aromatic N) is 3. The molecule has 0 amide bonds. The highest BCUT2D eigenvalue weighted by atomic mass is 19.1. The molecule has 1 unspecified atom stereocenters. The topological polar surface area (TPSA) is 63.5 Å². The Morgan fingerprint density at radius 2 is 2.00 bits per heavy atom. The highest BCUT2D eigenvalue weighted by Crippen LogP contribution is 2.26. The Labute approximate surface area is 220 Å². The molecule has 0 saturated carbocycles. The summed E-state index contributed by atoms with van der Waals surface area (Å²) in [5.41, 5.74) is 3.49. The number of halogens is 1. The van der Waals surface area contributed by atoms with Crippen molar-refractivity contribution < 1.29 is 9.13 Å². The maximum Gasteiger partial charge on any atom is 0.143 e. The summed E-state index contributed by atoms with van der Waals surface area (Å²) >= 11 is 0. The molecule has 0 spiro atoms. The van der Waals surface area contributed by atoms with Crippen LogP contribution in [-0.4, -0.2) is 34.7 Å². The summed E-state index contributed by atoms with van der Waals surface area (Å²) in [6.45, 7) is 10.9. The average molecular weight is 506 g/mol. The smallest absolute Gasteiger partial charge is 0.143 e. The predicted octanol–water partition coefficient (Wildman–Crippen LogP) is 6.65. The van der Waals surface area contributed by atoms with Gasteiger partial charge in [0, 0.05) is 30.8 Å². The van der Waals surface area contributed by atoms with Gasteiger partial charge in [0.2, 0.25) is 0 Å². The number of rotatable bonds is 7. The number of aliphatic imine (C=N–C) groups is 1. The lowest BCUT2D eigenvalue weighted by Gasteiger charge is -2.34. The van der Waals surface area contributed by atoms with E-state index in [4.69, 9.17) is 9.73 Å². The minimum absolute atomic E-state index is 0.187. The van der Waals surface area contributed by atoms with Crippen molar-refractivity contribution in [1.29, 1.82) is 0 Å². The van der Waals surface area contributed by atoms with Crippen molar-refractivity contribution in [2.45, 2.75) is 59.5 Å². The molecule has 1 aliphatic heterocycles. The van der Waals surface area contributed by atoms with Gasteiger partial charge in [-0.3, -0.25) is 4.99 Å². The zero-order valence-corrected chi connectivity index (χ0v) is 22.9. The maximum atomic E-state index is 13.5. The number of aryl methyl sites for hydroxylation is 1. The second-order valence-electron chi connectivity index (χ2n) is 9.45. The number of amidine groups is 1. The first-order chi connectivity index (χ1) is 17.8. The van der Waals surface area contributed by atoms with E-state index in [0.29, 0.717) is 6.42 Å². The van der Waals surface area contributed by atoms with E-state index in [-0.39, 0.29) is 11.7 Å². The summed E-state index contributed by atoms with van der Waals surface area (Å²) in [6, 6.07) is 6.17. The lowest BCUT2D eigenvalue weighted by Crippen LogP contribution is -2.55. The summed E-state index contributed by atoms with van der Waals surface area (Å²) in [4.78, 5) is 9.11. The van der Waals surface area contributed by atoms with E-state index in [1.165, 1.54) is 12.2 Å². The van der Waals surface area contributed by atoms with Gasteiger partial charge in [0.15, 0.2) is 0 Å². The molecule has 37 heavy (non-hydrogen) atoms. The Bertz CT molecular complexity index is 1200. The normalized spacial score (nSPS) is 17.7. The van der Waals surface area contributed by atoms with Gasteiger partial charge in [-0.25, -0.2) is 9.37 Å². The fourth-order valence-electron chi connectivity index (χ4n) is 4.32. The fraction of sp³-hybridized carbons (Fsp3) is 0.400. The summed E-state index contributed by atoms with van der Waals surface area (Å²) in [5, 5.41) is 7.08. The third-order valence-corrected chi connectivity index (χ3v) is 5.99. The van der Waals surface area contributed by atoms with Crippen molar-refractivity contribution in [3.63, 3.8) is 0 Å². The standard InChI is InChI=1S/C28H34FN5O.C2H6/c1-20-18-34(19-31-20)25-15-11-21(17-26(25)35-4)10-12-22-7-6-16-30-27(22)33-28(2,3)32-24-9-5-8-23(29)13-14-24;1-2/h5,8,10-15,17-19,22,32H,6-7,9,16H2,1-4H3,(H,30,33);1-2H3. The second-order valence-corrected chi connectivity index (χ2v) is 9.45. The molecule has 1 aliphatic carbocycles. The average Bonchev–Trinajstić information content (AvgIpc) is 3.22. The molecule has 1 aromatic heterocycles. The van der Waals surface area contributed by atoms with Gasteiger partial charge in [0.05, 0.1) is 24.8 Å². The van der Waals surface area contributed by atoms with Crippen molar-refractivity contribution in [3.8, 4) is 11.4 Å². The zero-order valence-electron chi connectivity index (χ0n) is 22.9. The van der Waals surface area contributed by atoms with Crippen LogP contribution in [0.15, 0.2) is 77.6 Å². The molecule has 0 saturated heterocycles. The lowest BCUT2D eigenvalue weighted by molar-refractivity contribution is 0.384. The van der Waals surface area contributed by atoms with Crippen LogP contribution in [0, 0.1) is 12.8 Å². The molecule has 0 fully saturated rings. The molecule has 1 atom stereocenters. The number of methoxy groups -OCH3 is 1. The summed E-state index contributed by atoms with van der Waals surface area (Å²) in [7, 11) is 1.69. The minimum Gasteiger partial charge on any atom is -0.495 e. The predicted molar refractivity (Wildman–Crippen MR) is 152 cm³/mol. The van der Waals surface area contributed by atoms with Gasteiger partial charge in [-0.05, 0) is 69.5 Å². The number of allylic oxidation sites excluding steroid dienone is 5. The number of imidazole rings is 1. The van der Waals surface area contributed by atoms with Crippen LogP contribution in [0.4, 0.5) is 4.39 Å². The van der Waals surface area contributed by atoms with Gasteiger partial charge >= 0.3 is 0 Å². The molecule has 2 heterocycles. The van der Waals surface area contributed by atoms with Gasteiger partial charge in [-0.15, -0.1) is 0 Å². The molecule has 2 aliphatic rings. The highest BCUT2D eigenvalue weighted by molar-refractivity contribution is 5.88. The molecule has 2 aromatic rings. The van der Waals surface area contributed by atoms with Crippen molar-refractivity contribution in [2.75, 3.05) is 13.7 Å².